The van der Waals surface area contributed by atoms with Crippen LogP contribution in [0.2, 0.25) is 0 Å². The third kappa shape index (κ3) is 4.97. The molecule has 0 aromatic heterocycles. The number of esters is 1. The average molecular weight is 585 g/mol. The summed E-state index contributed by atoms with van der Waals surface area (Å²) in [5.74, 6) is -1.70. The first-order valence-electron chi connectivity index (χ1n) is 15.5. The van der Waals surface area contributed by atoms with Crippen LogP contribution in [-0.2, 0) is 9.53 Å². The van der Waals surface area contributed by atoms with E-state index >= 15 is 0 Å². The Morgan fingerprint density at radius 1 is 1.02 bits per heavy atom. The van der Waals surface area contributed by atoms with Gasteiger partial charge in [0.05, 0.1) is 29.0 Å². The van der Waals surface area contributed by atoms with Crippen molar-refractivity contribution in [3.8, 4) is 0 Å². The maximum atomic E-state index is 13.5. The molecular weight excluding hydrogens is 536 g/mol. The van der Waals surface area contributed by atoms with E-state index in [-0.39, 0.29) is 31.0 Å². The van der Waals surface area contributed by atoms with E-state index < -0.39 is 63.8 Å². The predicted molar refractivity (Wildman–Crippen MR) is 156 cm³/mol. The SMILES string of the molecule is CC(C)(O)CC[C@H](OC(=O)c1ccccc1)[C@](C)(O)[C@@H]1CC[C@@]2(O)C3=CC(=O)[C@H]4C[C@@H](O)[C@H](O)C[C@]4(C)[C@@H]3CC[C@]12C. The molecule has 1 aromatic rings. The number of aliphatic hydroxyl groups is 5. The zero-order valence-corrected chi connectivity index (χ0v) is 25.5. The highest BCUT2D eigenvalue weighted by Gasteiger charge is 2.69. The molecule has 232 valence electrons. The first-order valence-corrected chi connectivity index (χ1v) is 15.5. The topological polar surface area (TPSA) is 145 Å². The van der Waals surface area contributed by atoms with Gasteiger partial charge in [-0.3, -0.25) is 4.79 Å². The van der Waals surface area contributed by atoms with Crippen LogP contribution in [0.5, 0.6) is 0 Å². The van der Waals surface area contributed by atoms with E-state index in [1.807, 2.05) is 13.8 Å². The van der Waals surface area contributed by atoms with E-state index in [1.165, 1.54) is 0 Å². The van der Waals surface area contributed by atoms with Crippen molar-refractivity contribution in [1.29, 1.82) is 0 Å². The van der Waals surface area contributed by atoms with Gasteiger partial charge in [-0.15, -0.1) is 0 Å². The molecule has 5 N–H and O–H groups in total. The van der Waals surface area contributed by atoms with E-state index in [0.717, 1.165) is 0 Å². The number of carbonyl (C=O) groups excluding carboxylic acids is 2. The minimum Gasteiger partial charge on any atom is -0.456 e. The molecule has 0 saturated heterocycles. The molecule has 3 fully saturated rings. The minimum atomic E-state index is -1.54. The highest BCUT2D eigenvalue weighted by molar-refractivity contribution is 5.95. The summed E-state index contributed by atoms with van der Waals surface area (Å²) < 4.78 is 6.00. The van der Waals surface area contributed by atoms with Gasteiger partial charge in [0, 0.05) is 11.3 Å². The second-order valence-corrected chi connectivity index (χ2v) is 14.9. The van der Waals surface area contributed by atoms with Crippen molar-refractivity contribution < 1.29 is 39.9 Å². The van der Waals surface area contributed by atoms with Gasteiger partial charge >= 0.3 is 5.97 Å². The van der Waals surface area contributed by atoms with Crippen LogP contribution in [0.25, 0.3) is 0 Å². The van der Waals surface area contributed by atoms with Crippen LogP contribution in [-0.4, -0.2) is 72.4 Å². The molecule has 4 aliphatic carbocycles. The molecule has 42 heavy (non-hydrogen) atoms. The van der Waals surface area contributed by atoms with Gasteiger partial charge in [-0.25, -0.2) is 4.79 Å². The third-order valence-electron chi connectivity index (χ3n) is 11.8. The molecule has 1 aromatic carbocycles. The van der Waals surface area contributed by atoms with Crippen molar-refractivity contribution in [3.63, 3.8) is 0 Å². The third-order valence-corrected chi connectivity index (χ3v) is 11.8. The number of ketones is 1. The number of rotatable bonds is 7. The van der Waals surface area contributed by atoms with Crippen LogP contribution in [0.1, 0.15) is 96.3 Å². The number of fused-ring (bicyclic) bond motifs is 5. The molecule has 0 heterocycles. The second kappa shape index (κ2) is 10.5. The number of hydrogen-bond acceptors (Lipinski definition) is 8. The van der Waals surface area contributed by atoms with Crippen LogP contribution < -0.4 is 0 Å². The molecule has 5 rings (SSSR count). The van der Waals surface area contributed by atoms with Gasteiger partial charge in [0.1, 0.15) is 11.7 Å². The van der Waals surface area contributed by atoms with Gasteiger partial charge < -0.3 is 30.3 Å². The summed E-state index contributed by atoms with van der Waals surface area (Å²) in [6.45, 7) is 9.00. The Bertz CT molecular complexity index is 1230. The Morgan fingerprint density at radius 2 is 1.69 bits per heavy atom. The van der Waals surface area contributed by atoms with Crippen molar-refractivity contribution in [3.05, 3.63) is 47.5 Å². The lowest BCUT2D eigenvalue weighted by atomic mass is 9.45. The summed E-state index contributed by atoms with van der Waals surface area (Å²) in [7, 11) is 0. The fourth-order valence-corrected chi connectivity index (χ4v) is 9.26. The van der Waals surface area contributed by atoms with Crippen molar-refractivity contribution in [1.82, 2.24) is 0 Å². The van der Waals surface area contributed by atoms with Gasteiger partial charge in [-0.05, 0) is 113 Å². The first-order chi connectivity index (χ1) is 19.4. The van der Waals surface area contributed by atoms with Crippen molar-refractivity contribution in [2.75, 3.05) is 0 Å². The molecule has 10 atom stereocenters. The minimum absolute atomic E-state index is 0.123. The predicted octanol–water partition coefficient (Wildman–Crippen LogP) is 3.72. The smallest absolute Gasteiger partial charge is 0.338 e. The lowest BCUT2D eigenvalue weighted by molar-refractivity contribution is -0.177. The number of aliphatic hydroxyl groups excluding tert-OH is 2. The zero-order chi connectivity index (χ0) is 30.9. The normalized spacial score (nSPS) is 40.2. The first kappa shape index (κ1) is 31.3. The van der Waals surface area contributed by atoms with Gasteiger partial charge in [-0.2, -0.15) is 0 Å². The summed E-state index contributed by atoms with van der Waals surface area (Å²) in [5, 5.41) is 56.3. The summed E-state index contributed by atoms with van der Waals surface area (Å²) in [6, 6.07) is 8.60. The number of allylic oxidation sites excluding steroid dienone is 1. The Morgan fingerprint density at radius 3 is 2.33 bits per heavy atom. The second-order valence-electron chi connectivity index (χ2n) is 14.9. The summed E-state index contributed by atoms with van der Waals surface area (Å²) in [4.78, 5) is 26.7. The molecule has 0 amide bonds. The molecule has 0 bridgehead atoms. The van der Waals surface area contributed by atoms with E-state index in [2.05, 4.69) is 0 Å². The van der Waals surface area contributed by atoms with Crippen LogP contribution in [0.4, 0.5) is 0 Å². The average Bonchev–Trinajstić information content (AvgIpc) is 3.20. The molecule has 3 saturated carbocycles. The van der Waals surface area contributed by atoms with E-state index in [9.17, 15) is 35.1 Å². The lowest BCUT2D eigenvalue weighted by Gasteiger charge is -2.60. The quantitative estimate of drug-likeness (QED) is 0.305. The zero-order valence-electron chi connectivity index (χ0n) is 25.5. The largest absolute Gasteiger partial charge is 0.456 e. The number of carbonyl (C=O) groups is 2. The molecule has 0 spiro atoms. The summed E-state index contributed by atoms with van der Waals surface area (Å²) >= 11 is 0. The molecule has 4 aliphatic rings. The van der Waals surface area contributed by atoms with E-state index in [1.54, 1.807) is 57.2 Å². The maximum absolute atomic E-state index is 13.5. The van der Waals surface area contributed by atoms with Crippen molar-refractivity contribution >= 4 is 11.8 Å². The van der Waals surface area contributed by atoms with Gasteiger partial charge in [0.2, 0.25) is 0 Å². The monoisotopic (exact) mass is 584 g/mol. The van der Waals surface area contributed by atoms with Crippen LogP contribution >= 0.6 is 0 Å². The van der Waals surface area contributed by atoms with Crippen molar-refractivity contribution in [2.24, 2.45) is 28.6 Å². The Balaban J connectivity index is 1.48. The van der Waals surface area contributed by atoms with Crippen LogP contribution in [0.15, 0.2) is 42.0 Å². The molecule has 0 radical (unpaired) electrons. The lowest BCUT2D eigenvalue weighted by Crippen LogP contribution is -2.63. The fraction of sp³-hybridized carbons (Fsp3) is 0.706. The molecule has 8 heteroatoms. The number of benzene rings is 1. The summed E-state index contributed by atoms with van der Waals surface area (Å²) in [5.41, 5.74) is -4.30. The molecule has 8 nitrogen and oxygen atoms in total. The van der Waals surface area contributed by atoms with E-state index in [4.69, 9.17) is 4.74 Å². The number of hydrogen-bond donors (Lipinski definition) is 5. The highest BCUT2D eigenvalue weighted by Crippen LogP contribution is 2.68. The van der Waals surface area contributed by atoms with Gasteiger partial charge in [-0.1, -0.05) is 32.0 Å². The fourth-order valence-electron chi connectivity index (χ4n) is 9.26. The van der Waals surface area contributed by atoms with Crippen LogP contribution in [0.3, 0.4) is 0 Å². The Labute approximate surface area is 248 Å². The summed E-state index contributed by atoms with van der Waals surface area (Å²) in [6.07, 6.45) is 1.84. The van der Waals surface area contributed by atoms with Gasteiger partial charge in [0.15, 0.2) is 5.78 Å². The molecule has 0 aliphatic heterocycles. The number of ether oxygens (including phenoxy) is 1. The molecular formula is C34H48O8. The Hall–Kier alpha value is -2.10. The highest BCUT2D eigenvalue weighted by atomic mass is 16.6. The maximum Gasteiger partial charge on any atom is 0.338 e. The van der Waals surface area contributed by atoms with Crippen LogP contribution in [0, 0.1) is 28.6 Å². The van der Waals surface area contributed by atoms with E-state index in [0.29, 0.717) is 43.2 Å². The Kier molecular flexibility index (Phi) is 7.84. The standard InChI is InChI=1S/C34H48O8/c1-30(2,39)14-13-28(42-29(38)20-9-7-6-8-10-20)33(5,40)27-12-16-34(41)22-17-24(35)23-18-25(36)26(37)19-31(23,3)21(22)11-15-32(27,34)4/h6-10,17,21,23,25-28,36-37,39-41H,11-16,18-19H2,1-5H3/t21-,23-,25-,26-,27-,28+,31-,32-,33-,34-/m1/s1. The van der Waals surface area contributed by atoms with Gasteiger partial charge in [0.25, 0.3) is 0 Å². The van der Waals surface area contributed by atoms with Crippen molar-refractivity contribution in [2.45, 2.75) is 121 Å². The molecule has 0 unspecified atom stereocenters.